The molecular formula is C15H14O7. The number of carbonyl (C=O) groups is 1. The van der Waals surface area contributed by atoms with Crippen molar-refractivity contribution in [2.24, 2.45) is 0 Å². The minimum Gasteiger partial charge on any atom is -0.508 e. The van der Waals surface area contributed by atoms with Crippen molar-refractivity contribution in [2.45, 2.75) is 24.4 Å². The molecule has 0 saturated carbocycles. The van der Waals surface area contributed by atoms with Crippen LogP contribution in [0.15, 0.2) is 35.9 Å². The standard InChI is InChI=1S/C15H14O7/c16-7-4-10(19)12-11(5-7)22-15(14(21)13(12)20)6-1-2-8(17)9(18)3-6/h1-5,8-9,14-19,21H/t8?,9?,14-,15?/m0/s1. The third-order valence-corrected chi connectivity index (χ3v) is 3.65. The quantitative estimate of drug-likeness (QED) is 0.478. The second-order valence-electron chi connectivity index (χ2n) is 5.19. The molecule has 2 aliphatic rings. The Morgan fingerprint density at radius 3 is 2.45 bits per heavy atom. The first-order chi connectivity index (χ1) is 10.4. The summed E-state index contributed by atoms with van der Waals surface area (Å²) in [5.41, 5.74) is 0.106. The van der Waals surface area contributed by atoms with Gasteiger partial charge in [-0.15, -0.1) is 0 Å². The van der Waals surface area contributed by atoms with E-state index in [1.807, 2.05) is 0 Å². The number of phenolic OH excluding ortho intramolecular Hbond substituents is 2. The van der Waals surface area contributed by atoms with E-state index in [-0.39, 0.29) is 17.1 Å². The SMILES string of the molecule is O=C1c2c(O)cc(O)cc2OC(C2=CC(O)C(O)C=C2)[C@H]1O. The van der Waals surface area contributed by atoms with E-state index < -0.39 is 35.9 Å². The Bertz CT molecular complexity index is 691. The number of benzene rings is 1. The Morgan fingerprint density at radius 1 is 1.05 bits per heavy atom. The normalized spacial score (nSPS) is 30.5. The molecule has 0 amide bonds. The van der Waals surface area contributed by atoms with Crippen LogP contribution in [0.5, 0.6) is 17.2 Å². The molecule has 116 valence electrons. The summed E-state index contributed by atoms with van der Waals surface area (Å²) >= 11 is 0. The van der Waals surface area contributed by atoms with Gasteiger partial charge in [0.2, 0.25) is 5.78 Å². The number of aromatic hydroxyl groups is 2. The zero-order valence-electron chi connectivity index (χ0n) is 11.2. The molecule has 0 radical (unpaired) electrons. The highest BCUT2D eigenvalue weighted by Gasteiger charge is 2.40. The van der Waals surface area contributed by atoms with Crippen LogP contribution in [0.4, 0.5) is 0 Å². The predicted octanol–water partition coefficient (Wildman–Crippen LogP) is -0.380. The van der Waals surface area contributed by atoms with Crippen LogP contribution in [0.25, 0.3) is 0 Å². The van der Waals surface area contributed by atoms with Crippen LogP contribution >= 0.6 is 0 Å². The van der Waals surface area contributed by atoms with Crippen LogP contribution < -0.4 is 4.74 Å². The molecule has 5 N–H and O–H groups in total. The number of aliphatic hydroxyl groups excluding tert-OH is 3. The molecule has 1 aliphatic heterocycles. The number of hydrogen-bond donors (Lipinski definition) is 5. The van der Waals surface area contributed by atoms with E-state index in [2.05, 4.69) is 0 Å². The summed E-state index contributed by atoms with van der Waals surface area (Å²) < 4.78 is 5.50. The lowest BCUT2D eigenvalue weighted by molar-refractivity contribution is 0.0326. The summed E-state index contributed by atoms with van der Waals surface area (Å²) in [5.74, 6) is -1.59. The number of fused-ring (bicyclic) bond motifs is 1. The molecule has 3 unspecified atom stereocenters. The fraction of sp³-hybridized carbons (Fsp3) is 0.267. The minimum absolute atomic E-state index is 0.0623. The van der Waals surface area contributed by atoms with E-state index in [1.165, 1.54) is 18.2 Å². The molecule has 1 heterocycles. The van der Waals surface area contributed by atoms with Gasteiger partial charge < -0.3 is 30.3 Å². The van der Waals surface area contributed by atoms with E-state index >= 15 is 0 Å². The Morgan fingerprint density at radius 2 is 1.77 bits per heavy atom. The summed E-state index contributed by atoms with van der Waals surface area (Å²) in [4.78, 5) is 12.2. The maximum absolute atomic E-state index is 12.2. The molecule has 22 heavy (non-hydrogen) atoms. The highest BCUT2D eigenvalue weighted by Crippen LogP contribution is 2.39. The summed E-state index contributed by atoms with van der Waals surface area (Å²) in [7, 11) is 0. The second kappa shape index (κ2) is 5.13. The maximum atomic E-state index is 12.2. The number of aliphatic hydroxyl groups is 3. The summed E-state index contributed by atoms with van der Waals surface area (Å²) in [5, 5.41) is 48.4. The first-order valence-electron chi connectivity index (χ1n) is 6.59. The van der Waals surface area contributed by atoms with Gasteiger partial charge in [0.1, 0.15) is 35.0 Å². The summed E-state index contributed by atoms with van der Waals surface area (Å²) in [6, 6.07) is 2.14. The molecule has 7 nitrogen and oxygen atoms in total. The second-order valence-corrected chi connectivity index (χ2v) is 5.19. The lowest BCUT2D eigenvalue weighted by Gasteiger charge is -2.32. The van der Waals surface area contributed by atoms with Gasteiger partial charge in [-0.2, -0.15) is 0 Å². The summed E-state index contributed by atoms with van der Waals surface area (Å²) in [6.45, 7) is 0. The topological polar surface area (TPSA) is 127 Å². The van der Waals surface area contributed by atoms with Gasteiger partial charge in [0.25, 0.3) is 0 Å². The van der Waals surface area contributed by atoms with Crippen LogP contribution in [-0.2, 0) is 0 Å². The van der Waals surface area contributed by atoms with E-state index in [0.29, 0.717) is 5.57 Å². The molecule has 0 bridgehead atoms. The van der Waals surface area contributed by atoms with Crippen molar-refractivity contribution in [3.05, 3.63) is 41.5 Å². The Hall–Kier alpha value is -2.35. The molecule has 1 aliphatic carbocycles. The van der Waals surface area contributed by atoms with Crippen LogP contribution in [0.1, 0.15) is 10.4 Å². The van der Waals surface area contributed by atoms with Crippen molar-refractivity contribution in [1.82, 2.24) is 0 Å². The van der Waals surface area contributed by atoms with Gasteiger partial charge in [0.15, 0.2) is 12.2 Å². The molecular weight excluding hydrogens is 292 g/mol. The van der Waals surface area contributed by atoms with Crippen LogP contribution in [-0.4, -0.2) is 55.7 Å². The predicted molar refractivity (Wildman–Crippen MR) is 73.8 cm³/mol. The number of carbonyl (C=O) groups excluding carboxylic acids is 1. The highest BCUT2D eigenvalue weighted by atomic mass is 16.5. The minimum atomic E-state index is -1.58. The molecule has 3 rings (SSSR count). The maximum Gasteiger partial charge on any atom is 0.202 e. The van der Waals surface area contributed by atoms with E-state index in [4.69, 9.17) is 4.74 Å². The van der Waals surface area contributed by atoms with Crippen molar-refractivity contribution in [1.29, 1.82) is 0 Å². The zero-order chi connectivity index (χ0) is 16.0. The first-order valence-corrected chi connectivity index (χ1v) is 6.59. The van der Waals surface area contributed by atoms with E-state index in [9.17, 15) is 30.3 Å². The number of ether oxygens (including phenoxy) is 1. The highest BCUT2D eigenvalue weighted by molar-refractivity contribution is 6.05. The van der Waals surface area contributed by atoms with Gasteiger partial charge in [-0.3, -0.25) is 4.79 Å². The average molecular weight is 306 g/mol. The van der Waals surface area contributed by atoms with Gasteiger partial charge in [-0.05, 0) is 11.6 Å². The Kier molecular flexibility index (Phi) is 3.40. The van der Waals surface area contributed by atoms with Crippen molar-refractivity contribution >= 4 is 5.78 Å². The number of rotatable bonds is 1. The molecule has 1 aromatic rings. The number of Topliss-reactive ketones (excluding diaryl/α,β-unsaturated/α-hetero) is 1. The first kappa shape index (κ1) is 14.6. The summed E-state index contributed by atoms with van der Waals surface area (Å²) in [6.07, 6.45) is -0.909. The van der Waals surface area contributed by atoms with Crippen LogP contribution in [0.3, 0.4) is 0 Å². The fourth-order valence-corrected chi connectivity index (χ4v) is 2.53. The third-order valence-electron chi connectivity index (χ3n) is 3.65. The van der Waals surface area contributed by atoms with Crippen molar-refractivity contribution < 1.29 is 35.1 Å². The van der Waals surface area contributed by atoms with Crippen LogP contribution in [0.2, 0.25) is 0 Å². The third kappa shape index (κ3) is 2.25. The largest absolute Gasteiger partial charge is 0.508 e. The van der Waals surface area contributed by atoms with E-state index in [1.54, 1.807) is 0 Å². The van der Waals surface area contributed by atoms with Gasteiger partial charge in [-0.1, -0.05) is 12.2 Å². The molecule has 0 aromatic heterocycles. The average Bonchev–Trinajstić information content (AvgIpc) is 2.45. The smallest absolute Gasteiger partial charge is 0.202 e. The van der Waals surface area contributed by atoms with Crippen LogP contribution in [0, 0.1) is 0 Å². The van der Waals surface area contributed by atoms with E-state index in [0.717, 1.165) is 12.1 Å². The monoisotopic (exact) mass is 306 g/mol. The lowest BCUT2D eigenvalue weighted by atomic mass is 9.89. The molecule has 1 aromatic carbocycles. The number of phenols is 2. The Balaban J connectivity index is 2.01. The van der Waals surface area contributed by atoms with Crippen molar-refractivity contribution in [2.75, 3.05) is 0 Å². The van der Waals surface area contributed by atoms with Gasteiger partial charge in [0.05, 0.1) is 0 Å². The lowest BCUT2D eigenvalue weighted by Crippen LogP contribution is -2.44. The molecule has 7 heteroatoms. The van der Waals surface area contributed by atoms with Crippen molar-refractivity contribution in [3.8, 4) is 17.2 Å². The van der Waals surface area contributed by atoms with Crippen molar-refractivity contribution in [3.63, 3.8) is 0 Å². The number of hydrogen-bond acceptors (Lipinski definition) is 7. The number of ketones is 1. The van der Waals surface area contributed by atoms with Gasteiger partial charge >= 0.3 is 0 Å². The molecule has 0 fully saturated rings. The van der Waals surface area contributed by atoms with Gasteiger partial charge in [0, 0.05) is 12.1 Å². The van der Waals surface area contributed by atoms with Gasteiger partial charge in [-0.25, -0.2) is 0 Å². The zero-order valence-corrected chi connectivity index (χ0v) is 11.2. The fourth-order valence-electron chi connectivity index (χ4n) is 2.53. The molecule has 4 atom stereocenters. The Labute approximate surface area is 125 Å². The molecule has 0 saturated heterocycles. The molecule has 0 spiro atoms.